The fourth-order valence-electron chi connectivity index (χ4n) is 2.39. The number of carbonyl (C=O) groups excluding carboxylic acids is 1. The van der Waals surface area contributed by atoms with Crippen molar-refractivity contribution in [2.45, 2.75) is 45.8 Å². The van der Waals surface area contributed by atoms with Crippen LogP contribution in [0.1, 0.15) is 43.5 Å². The van der Waals surface area contributed by atoms with E-state index in [0.29, 0.717) is 19.5 Å². The molecule has 2 N–H and O–H groups in total. The second-order valence-corrected chi connectivity index (χ2v) is 6.26. The molecule has 1 aliphatic heterocycles. The lowest BCUT2D eigenvalue weighted by Gasteiger charge is -2.25. The van der Waals surface area contributed by atoms with E-state index in [4.69, 9.17) is 9.84 Å². The lowest BCUT2D eigenvalue weighted by atomic mass is 9.98. The summed E-state index contributed by atoms with van der Waals surface area (Å²) in [4.78, 5) is 26.8. The van der Waals surface area contributed by atoms with E-state index in [1.165, 1.54) is 6.20 Å². The Hall–Kier alpha value is -2.05. The van der Waals surface area contributed by atoms with Crippen molar-refractivity contribution < 1.29 is 19.4 Å². The summed E-state index contributed by atoms with van der Waals surface area (Å²) in [5.74, 6) is 0.0442. The van der Waals surface area contributed by atoms with Crippen molar-refractivity contribution in [3.05, 3.63) is 17.7 Å². The Morgan fingerprint density at radius 1 is 1.52 bits per heavy atom. The number of fused-ring (bicyclic) bond motifs is 1. The number of nitrogens with one attached hydrogen (secondary N) is 1. The Morgan fingerprint density at radius 3 is 2.86 bits per heavy atom. The van der Waals surface area contributed by atoms with Crippen LogP contribution in [0, 0.1) is 5.92 Å². The van der Waals surface area contributed by atoms with Crippen LogP contribution in [-0.4, -0.2) is 38.9 Å². The molecule has 1 aliphatic rings. The number of imidazole rings is 1. The Bertz CT molecular complexity index is 545. The van der Waals surface area contributed by atoms with Gasteiger partial charge in [0.2, 0.25) is 0 Å². The highest BCUT2D eigenvalue weighted by Gasteiger charge is 2.25. The molecule has 1 unspecified atom stereocenters. The molecule has 1 atom stereocenters. The van der Waals surface area contributed by atoms with Crippen molar-refractivity contribution in [3.63, 3.8) is 0 Å². The molecule has 0 radical (unpaired) electrons. The van der Waals surface area contributed by atoms with Gasteiger partial charge < -0.3 is 19.7 Å². The fourth-order valence-corrected chi connectivity index (χ4v) is 2.39. The molecular weight excluding hydrogens is 274 g/mol. The largest absolute Gasteiger partial charge is 0.477 e. The van der Waals surface area contributed by atoms with Crippen molar-refractivity contribution in [2.24, 2.45) is 5.92 Å². The molecule has 0 aliphatic carbocycles. The van der Waals surface area contributed by atoms with Gasteiger partial charge in [-0.1, -0.05) is 0 Å². The van der Waals surface area contributed by atoms with Crippen LogP contribution in [0.4, 0.5) is 4.79 Å². The quantitative estimate of drug-likeness (QED) is 0.884. The number of carboxylic acid groups (broad SMARTS) is 1. The Morgan fingerprint density at radius 2 is 2.24 bits per heavy atom. The lowest BCUT2D eigenvalue weighted by molar-refractivity contribution is 0.0516. The first-order valence-electron chi connectivity index (χ1n) is 7.01. The van der Waals surface area contributed by atoms with E-state index in [1.807, 2.05) is 20.8 Å². The number of carboxylic acids is 1. The maximum Gasteiger partial charge on any atom is 0.407 e. The van der Waals surface area contributed by atoms with E-state index in [1.54, 1.807) is 4.57 Å². The molecule has 21 heavy (non-hydrogen) atoms. The Balaban J connectivity index is 1.88. The van der Waals surface area contributed by atoms with Crippen LogP contribution in [0.2, 0.25) is 0 Å². The highest BCUT2D eigenvalue weighted by atomic mass is 16.6. The molecular formula is C14H21N3O4. The Labute approximate surface area is 123 Å². The van der Waals surface area contributed by atoms with Crippen LogP contribution in [0.3, 0.4) is 0 Å². The highest BCUT2D eigenvalue weighted by molar-refractivity contribution is 5.85. The second kappa shape index (κ2) is 5.75. The summed E-state index contributed by atoms with van der Waals surface area (Å²) < 4.78 is 6.91. The van der Waals surface area contributed by atoms with E-state index in [-0.39, 0.29) is 11.6 Å². The van der Waals surface area contributed by atoms with Gasteiger partial charge in [-0.25, -0.2) is 14.6 Å². The van der Waals surface area contributed by atoms with Gasteiger partial charge in [0, 0.05) is 19.5 Å². The van der Waals surface area contributed by atoms with Crippen LogP contribution in [0.25, 0.3) is 0 Å². The smallest absolute Gasteiger partial charge is 0.407 e. The van der Waals surface area contributed by atoms with Crippen LogP contribution in [0.5, 0.6) is 0 Å². The van der Waals surface area contributed by atoms with Crippen molar-refractivity contribution in [1.29, 1.82) is 0 Å². The number of rotatable bonds is 3. The SMILES string of the molecule is CC(C)(C)OC(=O)NCC1CCn2c(C(=O)O)cnc2C1. The zero-order valence-corrected chi connectivity index (χ0v) is 12.5. The monoisotopic (exact) mass is 295 g/mol. The van der Waals surface area contributed by atoms with Crippen molar-refractivity contribution >= 4 is 12.1 Å². The van der Waals surface area contributed by atoms with Gasteiger partial charge in [-0.15, -0.1) is 0 Å². The molecule has 1 aromatic heterocycles. The number of alkyl carbamates (subject to hydrolysis) is 1. The minimum Gasteiger partial charge on any atom is -0.477 e. The summed E-state index contributed by atoms with van der Waals surface area (Å²) in [7, 11) is 0. The second-order valence-electron chi connectivity index (χ2n) is 6.26. The third-order valence-corrected chi connectivity index (χ3v) is 3.32. The van der Waals surface area contributed by atoms with Crippen molar-refractivity contribution in [3.8, 4) is 0 Å². The zero-order valence-electron chi connectivity index (χ0n) is 12.5. The number of hydrogen-bond donors (Lipinski definition) is 2. The maximum atomic E-state index is 11.6. The van der Waals surface area contributed by atoms with Gasteiger partial charge in [0.15, 0.2) is 0 Å². The number of nitrogens with zero attached hydrogens (tertiary/aromatic N) is 2. The summed E-state index contributed by atoms with van der Waals surface area (Å²) in [5, 5.41) is 11.8. The minimum absolute atomic E-state index is 0.226. The molecule has 1 aromatic rings. The van der Waals surface area contributed by atoms with Gasteiger partial charge in [-0.2, -0.15) is 0 Å². The number of aromatic carboxylic acids is 1. The van der Waals surface area contributed by atoms with E-state index < -0.39 is 17.7 Å². The van der Waals surface area contributed by atoms with Gasteiger partial charge in [0.1, 0.15) is 17.1 Å². The molecule has 7 nitrogen and oxygen atoms in total. The summed E-state index contributed by atoms with van der Waals surface area (Å²) in [5.41, 5.74) is -0.285. The standard InChI is InChI=1S/C14H21N3O4/c1-14(2,3)21-13(20)16-7-9-4-5-17-10(12(18)19)8-15-11(17)6-9/h8-9H,4-7H2,1-3H3,(H,16,20)(H,18,19). The van der Waals surface area contributed by atoms with Crippen LogP contribution in [-0.2, 0) is 17.7 Å². The van der Waals surface area contributed by atoms with Crippen molar-refractivity contribution in [1.82, 2.24) is 14.9 Å². The van der Waals surface area contributed by atoms with E-state index in [2.05, 4.69) is 10.3 Å². The highest BCUT2D eigenvalue weighted by Crippen LogP contribution is 2.21. The Kier molecular flexibility index (Phi) is 4.20. The van der Waals surface area contributed by atoms with E-state index in [9.17, 15) is 9.59 Å². The predicted octanol–water partition coefficient (Wildman–Crippen LogP) is 1.67. The normalized spacial score (nSPS) is 18.0. The molecule has 1 amide bonds. The summed E-state index contributed by atoms with van der Waals surface area (Å²) in [6, 6.07) is 0. The molecule has 0 saturated carbocycles. The van der Waals surface area contributed by atoms with Crippen LogP contribution < -0.4 is 5.32 Å². The summed E-state index contributed by atoms with van der Waals surface area (Å²) in [6.45, 7) is 6.56. The van der Waals surface area contributed by atoms with Crippen LogP contribution >= 0.6 is 0 Å². The van der Waals surface area contributed by atoms with E-state index >= 15 is 0 Å². The zero-order chi connectivity index (χ0) is 15.6. The first-order valence-corrected chi connectivity index (χ1v) is 7.01. The average Bonchev–Trinajstić information content (AvgIpc) is 2.77. The summed E-state index contributed by atoms with van der Waals surface area (Å²) in [6.07, 6.45) is 2.42. The third kappa shape index (κ3) is 3.96. The molecule has 0 bridgehead atoms. The number of carbonyl (C=O) groups is 2. The lowest BCUT2D eigenvalue weighted by Crippen LogP contribution is -2.37. The maximum absolute atomic E-state index is 11.6. The van der Waals surface area contributed by atoms with Gasteiger partial charge >= 0.3 is 12.1 Å². The number of amides is 1. The fraction of sp³-hybridized carbons (Fsp3) is 0.643. The van der Waals surface area contributed by atoms with Crippen molar-refractivity contribution in [2.75, 3.05) is 6.54 Å². The first kappa shape index (κ1) is 15.3. The molecule has 7 heteroatoms. The van der Waals surface area contributed by atoms with Gasteiger partial charge in [-0.05, 0) is 33.1 Å². The predicted molar refractivity (Wildman–Crippen MR) is 75.2 cm³/mol. The topological polar surface area (TPSA) is 93.5 Å². The molecule has 0 aromatic carbocycles. The minimum atomic E-state index is -0.959. The molecule has 0 spiro atoms. The number of hydrogen-bond acceptors (Lipinski definition) is 4. The average molecular weight is 295 g/mol. The van der Waals surface area contributed by atoms with Gasteiger partial charge in [0.25, 0.3) is 0 Å². The molecule has 0 fully saturated rings. The molecule has 2 heterocycles. The van der Waals surface area contributed by atoms with Gasteiger partial charge in [0.05, 0.1) is 6.20 Å². The summed E-state index contributed by atoms with van der Waals surface area (Å²) >= 11 is 0. The third-order valence-electron chi connectivity index (χ3n) is 3.32. The van der Waals surface area contributed by atoms with Gasteiger partial charge in [-0.3, -0.25) is 0 Å². The molecule has 116 valence electrons. The molecule has 2 rings (SSSR count). The molecule has 0 saturated heterocycles. The van der Waals surface area contributed by atoms with E-state index in [0.717, 1.165) is 12.2 Å². The van der Waals surface area contributed by atoms with Crippen LogP contribution in [0.15, 0.2) is 6.20 Å². The first-order chi connectivity index (χ1) is 9.76. The number of aromatic nitrogens is 2. The number of ether oxygens (including phenoxy) is 1.